The molecular weight excluding hydrogens is 443 g/mol. The van der Waals surface area contributed by atoms with Gasteiger partial charge < -0.3 is 5.73 Å². The third-order valence-electron chi connectivity index (χ3n) is 4.65. The Morgan fingerprint density at radius 2 is 1.72 bits per heavy atom. The van der Waals surface area contributed by atoms with Crippen molar-refractivity contribution >= 4 is 28.6 Å². The number of hydrogen-bond acceptors (Lipinski definition) is 6. The summed E-state index contributed by atoms with van der Waals surface area (Å²) in [6, 6.07) is 12.1. The highest BCUT2D eigenvalue weighted by Crippen LogP contribution is 2.35. The summed E-state index contributed by atoms with van der Waals surface area (Å²) in [5.41, 5.74) is 6.85. The van der Waals surface area contributed by atoms with Gasteiger partial charge in [-0.25, -0.2) is 9.67 Å². The quantitative estimate of drug-likeness (QED) is 0.486. The van der Waals surface area contributed by atoms with E-state index in [2.05, 4.69) is 15.1 Å². The molecule has 2 aromatic heterocycles. The first-order chi connectivity index (χ1) is 15.2. The monoisotopic (exact) mass is 453 g/mol. The summed E-state index contributed by atoms with van der Waals surface area (Å²) in [5.74, 6) is -0.0952. The number of anilines is 1. The molecule has 7 nitrogen and oxygen atoms in total. The number of benzene rings is 2. The largest absolute Gasteiger partial charge is 0.417 e. The third kappa shape index (κ3) is 3.92. The Balaban J connectivity index is 1.83. The van der Waals surface area contributed by atoms with Crippen LogP contribution < -0.4 is 5.73 Å². The SMILES string of the molecule is N#Cc1cc(C#N)cc(-c2nc(N)nc3c2cnn3Cc2ccc(Cl)c(C(F)(F)F)c2)c1. The van der Waals surface area contributed by atoms with Crippen LogP contribution >= 0.6 is 11.6 Å². The number of nitrogen functional groups attached to an aromatic ring is 1. The number of halogens is 4. The minimum atomic E-state index is -4.59. The number of aromatic nitrogens is 4. The molecule has 0 unspecified atom stereocenters. The normalized spacial score (nSPS) is 11.3. The second-order valence-corrected chi connectivity index (χ2v) is 7.21. The number of hydrogen-bond donors (Lipinski definition) is 1. The van der Waals surface area contributed by atoms with E-state index in [4.69, 9.17) is 17.3 Å². The van der Waals surface area contributed by atoms with Crippen molar-refractivity contribution < 1.29 is 13.2 Å². The van der Waals surface area contributed by atoms with E-state index in [9.17, 15) is 23.7 Å². The van der Waals surface area contributed by atoms with E-state index in [1.54, 1.807) is 12.1 Å². The Kier molecular flexibility index (Phi) is 5.17. The number of rotatable bonds is 3. The lowest BCUT2D eigenvalue weighted by atomic mass is 10.0. The maximum atomic E-state index is 13.2. The molecule has 4 rings (SSSR count). The summed E-state index contributed by atoms with van der Waals surface area (Å²) < 4.78 is 41.0. The van der Waals surface area contributed by atoms with Gasteiger partial charge in [-0.15, -0.1) is 0 Å². The average molecular weight is 454 g/mol. The van der Waals surface area contributed by atoms with Crippen LogP contribution in [-0.2, 0) is 12.7 Å². The molecule has 4 aromatic rings. The van der Waals surface area contributed by atoms with Gasteiger partial charge in [-0.1, -0.05) is 17.7 Å². The molecule has 0 spiro atoms. The van der Waals surface area contributed by atoms with Crippen LogP contribution in [0.4, 0.5) is 19.1 Å². The molecule has 0 saturated carbocycles. The predicted molar refractivity (Wildman–Crippen MR) is 110 cm³/mol. The van der Waals surface area contributed by atoms with Crippen molar-refractivity contribution in [2.24, 2.45) is 0 Å². The molecular formula is C21H11ClF3N7. The number of nitrogens with zero attached hydrogens (tertiary/aromatic N) is 6. The first-order valence-corrected chi connectivity index (χ1v) is 9.37. The lowest BCUT2D eigenvalue weighted by molar-refractivity contribution is -0.137. The molecule has 2 N–H and O–H groups in total. The number of nitriles is 2. The van der Waals surface area contributed by atoms with E-state index >= 15 is 0 Å². The average Bonchev–Trinajstić information content (AvgIpc) is 3.15. The van der Waals surface area contributed by atoms with Crippen molar-refractivity contribution in [1.29, 1.82) is 10.5 Å². The predicted octanol–water partition coefficient (Wildman–Crippen LogP) is 4.54. The van der Waals surface area contributed by atoms with Crippen LogP contribution in [0.1, 0.15) is 22.3 Å². The second kappa shape index (κ2) is 7.84. The molecule has 0 radical (unpaired) electrons. The summed E-state index contributed by atoms with van der Waals surface area (Å²) in [6.07, 6.45) is -3.14. The summed E-state index contributed by atoms with van der Waals surface area (Å²) in [4.78, 5) is 8.41. The number of nitrogens with two attached hydrogens (primary N) is 1. The molecule has 0 amide bonds. The van der Waals surface area contributed by atoms with Gasteiger partial charge >= 0.3 is 6.18 Å². The van der Waals surface area contributed by atoms with Crippen molar-refractivity contribution in [3.8, 4) is 23.4 Å². The zero-order valence-electron chi connectivity index (χ0n) is 16.0. The molecule has 0 bridgehead atoms. The van der Waals surface area contributed by atoms with Gasteiger partial charge in [0.15, 0.2) is 5.65 Å². The molecule has 2 heterocycles. The van der Waals surface area contributed by atoms with Crippen LogP contribution in [0, 0.1) is 22.7 Å². The summed E-state index contributed by atoms with van der Waals surface area (Å²) in [7, 11) is 0. The van der Waals surface area contributed by atoms with Crippen molar-refractivity contribution in [1.82, 2.24) is 19.7 Å². The maximum Gasteiger partial charge on any atom is 0.417 e. The molecule has 158 valence electrons. The highest BCUT2D eigenvalue weighted by atomic mass is 35.5. The fourth-order valence-corrected chi connectivity index (χ4v) is 3.49. The molecule has 0 aliphatic heterocycles. The lowest BCUT2D eigenvalue weighted by Crippen LogP contribution is -2.09. The molecule has 0 saturated heterocycles. The summed E-state index contributed by atoms with van der Waals surface area (Å²) in [6.45, 7) is -0.0265. The lowest BCUT2D eigenvalue weighted by Gasteiger charge is -2.11. The molecule has 0 aliphatic rings. The summed E-state index contributed by atoms with van der Waals surface area (Å²) in [5, 5.41) is 22.8. The maximum absolute atomic E-state index is 13.2. The first kappa shape index (κ1) is 21.1. The zero-order chi connectivity index (χ0) is 23.0. The van der Waals surface area contributed by atoms with Crippen LogP contribution in [-0.4, -0.2) is 19.7 Å². The molecule has 2 aromatic carbocycles. The summed E-state index contributed by atoms with van der Waals surface area (Å²) >= 11 is 5.69. The topological polar surface area (TPSA) is 117 Å². The highest BCUT2D eigenvalue weighted by Gasteiger charge is 2.33. The molecule has 0 atom stereocenters. The Labute approximate surface area is 184 Å². The van der Waals surface area contributed by atoms with E-state index in [0.29, 0.717) is 22.2 Å². The van der Waals surface area contributed by atoms with E-state index in [1.807, 2.05) is 12.1 Å². The molecule has 11 heteroatoms. The van der Waals surface area contributed by atoms with Gasteiger partial charge in [-0.2, -0.15) is 33.8 Å². The van der Waals surface area contributed by atoms with E-state index in [1.165, 1.54) is 29.1 Å². The van der Waals surface area contributed by atoms with Crippen LogP contribution in [0.5, 0.6) is 0 Å². The van der Waals surface area contributed by atoms with Crippen LogP contribution in [0.25, 0.3) is 22.3 Å². The molecule has 32 heavy (non-hydrogen) atoms. The van der Waals surface area contributed by atoms with Crippen molar-refractivity contribution in [3.05, 3.63) is 69.9 Å². The van der Waals surface area contributed by atoms with E-state index < -0.39 is 16.8 Å². The van der Waals surface area contributed by atoms with Gasteiger partial charge in [0.1, 0.15) is 0 Å². The Hall–Kier alpha value is -4.15. The van der Waals surface area contributed by atoms with E-state index in [-0.39, 0.29) is 29.3 Å². The van der Waals surface area contributed by atoms with Crippen LogP contribution in [0.2, 0.25) is 5.02 Å². The van der Waals surface area contributed by atoms with Crippen LogP contribution in [0.3, 0.4) is 0 Å². The van der Waals surface area contributed by atoms with Gasteiger partial charge in [0, 0.05) is 5.56 Å². The minimum Gasteiger partial charge on any atom is -0.368 e. The van der Waals surface area contributed by atoms with Crippen molar-refractivity contribution in [2.75, 3.05) is 5.73 Å². The fraction of sp³-hybridized carbons (Fsp3) is 0.0952. The van der Waals surface area contributed by atoms with Gasteiger partial charge in [-0.05, 0) is 35.9 Å². The molecule has 0 aliphatic carbocycles. The Morgan fingerprint density at radius 3 is 2.34 bits per heavy atom. The van der Waals surface area contributed by atoms with E-state index in [0.717, 1.165) is 6.07 Å². The van der Waals surface area contributed by atoms with Gasteiger partial charge in [0.05, 0.1) is 57.7 Å². The third-order valence-corrected chi connectivity index (χ3v) is 4.98. The van der Waals surface area contributed by atoms with Crippen molar-refractivity contribution in [3.63, 3.8) is 0 Å². The van der Waals surface area contributed by atoms with Crippen molar-refractivity contribution in [2.45, 2.75) is 12.7 Å². The fourth-order valence-electron chi connectivity index (χ4n) is 3.26. The van der Waals surface area contributed by atoms with Crippen LogP contribution in [0.15, 0.2) is 42.6 Å². The minimum absolute atomic E-state index is 0.0265. The Morgan fingerprint density at radius 1 is 1.03 bits per heavy atom. The highest BCUT2D eigenvalue weighted by molar-refractivity contribution is 6.31. The Bertz CT molecular complexity index is 1410. The van der Waals surface area contributed by atoms with Gasteiger partial charge in [-0.3, -0.25) is 0 Å². The second-order valence-electron chi connectivity index (χ2n) is 6.80. The smallest absolute Gasteiger partial charge is 0.368 e. The number of alkyl halides is 3. The first-order valence-electron chi connectivity index (χ1n) is 9.00. The molecule has 0 fully saturated rings. The zero-order valence-corrected chi connectivity index (χ0v) is 16.8. The standard InChI is InChI=1S/C21H11ClF3N7/c22-17-2-1-11(6-16(17)21(23,24)25)10-32-19-15(9-29-32)18(30-20(28)31-19)14-4-12(7-26)3-13(5-14)8-27/h1-6,9H,10H2,(H2,28,30,31). The van der Waals surface area contributed by atoms with Gasteiger partial charge in [0.2, 0.25) is 5.95 Å². The van der Waals surface area contributed by atoms with Gasteiger partial charge in [0.25, 0.3) is 0 Å². The number of fused-ring (bicyclic) bond motifs is 1.